The molecule has 0 bridgehead atoms. The summed E-state index contributed by atoms with van der Waals surface area (Å²) in [6.45, 7) is 0. The highest BCUT2D eigenvalue weighted by Gasteiger charge is 2.09. The van der Waals surface area contributed by atoms with Crippen molar-refractivity contribution in [2.75, 3.05) is 0 Å². The van der Waals surface area contributed by atoms with E-state index in [2.05, 4.69) is 15.3 Å². The van der Waals surface area contributed by atoms with E-state index in [-0.39, 0.29) is 17.3 Å². The van der Waals surface area contributed by atoms with Crippen LogP contribution in [0.5, 0.6) is 0 Å². The molecule has 4 rings (SSSR count). The summed E-state index contributed by atoms with van der Waals surface area (Å²) >= 11 is 1.32. The fourth-order valence-corrected chi connectivity index (χ4v) is 3.29. The van der Waals surface area contributed by atoms with Crippen molar-refractivity contribution in [3.8, 4) is 5.69 Å². The predicted octanol–water partition coefficient (Wildman–Crippen LogP) is 2.87. The molecule has 124 valence electrons. The van der Waals surface area contributed by atoms with Crippen molar-refractivity contribution in [1.82, 2.24) is 24.5 Å². The van der Waals surface area contributed by atoms with Crippen LogP contribution in [0.1, 0.15) is 0 Å². The number of fused-ring (bicyclic) bond motifs is 1. The minimum absolute atomic E-state index is 0.207. The van der Waals surface area contributed by atoms with Gasteiger partial charge in [0.15, 0.2) is 5.16 Å². The van der Waals surface area contributed by atoms with Crippen LogP contribution in [-0.4, -0.2) is 24.5 Å². The largest absolute Gasteiger partial charge is 0.295 e. The van der Waals surface area contributed by atoms with Crippen molar-refractivity contribution in [2.24, 2.45) is 0 Å². The molecule has 2 heterocycles. The molecule has 0 aliphatic heterocycles. The monoisotopic (exact) mass is 353 g/mol. The molecule has 8 heteroatoms. The van der Waals surface area contributed by atoms with E-state index in [1.165, 1.54) is 28.6 Å². The highest BCUT2D eigenvalue weighted by molar-refractivity contribution is 7.98. The van der Waals surface area contributed by atoms with Crippen molar-refractivity contribution in [3.63, 3.8) is 0 Å². The number of halogens is 1. The van der Waals surface area contributed by atoms with Gasteiger partial charge in [0, 0.05) is 12.4 Å². The summed E-state index contributed by atoms with van der Waals surface area (Å²) in [5.41, 5.74) is 1.02. The molecule has 2 aromatic heterocycles. The summed E-state index contributed by atoms with van der Waals surface area (Å²) in [5.74, 6) is -0.0676. The standard InChI is InChI=1S/C17H12FN5OS/c18-12-4-3-5-13(10-12)22-9-8-19-17(22)25-11-23-16(24)14-6-1-2-7-15(14)20-21-23/h1-10H,11H2. The van der Waals surface area contributed by atoms with Gasteiger partial charge in [-0.25, -0.2) is 9.37 Å². The van der Waals surface area contributed by atoms with E-state index >= 15 is 0 Å². The molecule has 0 atom stereocenters. The number of thioether (sulfide) groups is 1. The van der Waals surface area contributed by atoms with Gasteiger partial charge < -0.3 is 0 Å². The average Bonchev–Trinajstić information content (AvgIpc) is 3.10. The quantitative estimate of drug-likeness (QED) is 0.528. The maximum atomic E-state index is 13.4. The van der Waals surface area contributed by atoms with Gasteiger partial charge in [-0.2, -0.15) is 4.68 Å². The molecule has 4 aromatic rings. The molecule has 0 aliphatic carbocycles. The van der Waals surface area contributed by atoms with Crippen molar-refractivity contribution in [1.29, 1.82) is 0 Å². The van der Waals surface area contributed by atoms with E-state index in [9.17, 15) is 9.18 Å². The molecule has 0 spiro atoms. The zero-order valence-corrected chi connectivity index (χ0v) is 13.7. The summed E-state index contributed by atoms with van der Waals surface area (Å²) < 4.78 is 16.5. The molecule has 0 fully saturated rings. The van der Waals surface area contributed by atoms with Gasteiger partial charge in [0.25, 0.3) is 5.56 Å². The van der Waals surface area contributed by atoms with Gasteiger partial charge in [-0.1, -0.05) is 35.2 Å². The van der Waals surface area contributed by atoms with Crippen LogP contribution in [0.4, 0.5) is 4.39 Å². The normalized spacial score (nSPS) is 11.1. The molecule has 6 nitrogen and oxygen atoms in total. The Hall–Kier alpha value is -3.00. The van der Waals surface area contributed by atoms with E-state index in [4.69, 9.17) is 0 Å². The van der Waals surface area contributed by atoms with Gasteiger partial charge in [-0.3, -0.25) is 9.36 Å². The lowest BCUT2D eigenvalue weighted by molar-refractivity contribution is 0.625. The van der Waals surface area contributed by atoms with E-state index < -0.39 is 0 Å². The fourth-order valence-electron chi connectivity index (χ4n) is 2.45. The molecule has 25 heavy (non-hydrogen) atoms. The van der Waals surface area contributed by atoms with Gasteiger partial charge in [-0.15, -0.1) is 5.10 Å². The lowest BCUT2D eigenvalue weighted by Gasteiger charge is -2.08. The van der Waals surface area contributed by atoms with Crippen LogP contribution in [0.2, 0.25) is 0 Å². The number of benzene rings is 2. The first kappa shape index (κ1) is 15.5. The highest BCUT2D eigenvalue weighted by atomic mass is 32.2. The van der Waals surface area contributed by atoms with Crippen molar-refractivity contribution in [2.45, 2.75) is 11.0 Å². The summed E-state index contributed by atoms with van der Waals surface area (Å²) in [7, 11) is 0. The topological polar surface area (TPSA) is 65.6 Å². The molecule has 0 saturated carbocycles. The highest BCUT2D eigenvalue weighted by Crippen LogP contribution is 2.21. The zero-order chi connectivity index (χ0) is 17.2. The third kappa shape index (κ3) is 3.03. The Labute approximate surface area is 145 Å². The molecular formula is C17H12FN5OS. The van der Waals surface area contributed by atoms with Gasteiger partial charge in [0.2, 0.25) is 0 Å². The number of hydrogen-bond donors (Lipinski definition) is 0. The first-order valence-electron chi connectivity index (χ1n) is 7.47. The summed E-state index contributed by atoms with van der Waals surface area (Å²) in [5, 5.41) is 9.17. The maximum Gasteiger partial charge on any atom is 0.278 e. The van der Waals surface area contributed by atoms with E-state index in [0.717, 1.165) is 0 Å². The van der Waals surface area contributed by atoms with Crippen LogP contribution in [0.25, 0.3) is 16.6 Å². The molecular weight excluding hydrogens is 341 g/mol. The van der Waals surface area contributed by atoms with Crippen LogP contribution < -0.4 is 5.56 Å². The zero-order valence-electron chi connectivity index (χ0n) is 12.9. The minimum Gasteiger partial charge on any atom is -0.295 e. The Morgan fingerprint density at radius 1 is 1.12 bits per heavy atom. The van der Waals surface area contributed by atoms with Crippen molar-refractivity contribution in [3.05, 3.63) is 77.1 Å². The third-order valence-corrected chi connectivity index (χ3v) is 4.57. The summed E-state index contributed by atoms with van der Waals surface area (Å²) in [6.07, 6.45) is 3.37. The van der Waals surface area contributed by atoms with Crippen LogP contribution in [0.3, 0.4) is 0 Å². The molecule has 0 radical (unpaired) electrons. The smallest absolute Gasteiger partial charge is 0.278 e. The van der Waals surface area contributed by atoms with E-state index in [1.54, 1.807) is 47.3 Å². The number of aromatic nitrogens is 5. The molecule has 0 aliphatic rings. The third-order valence-electron chi connectivity index (χ3n) is 3.64. The maximum absolute atomic E-state index is 13.4. The Morgan fingerprint density at radius 2 is 2.00 bits per heavy atom. The van der Waals surface area contributed by atoms with Gasteiger partial charge in [-0.05, 0) is 30.3 Å². The van der Waals surface area contributed by atoms with Crippen molar-refractivity contribution >= 4 is 22.7 Å². The Morgan fingerprint density at radius 3 is 2.88 bits per heavy atom. The lowest BCUT2D eigenvalue weighted by atomic mass is 10.2. The average molecular weight is 353 g/mol. The van der Waals surface area contributed by atoms with Gasteiger partial charge in [0.05, 0.1) is 17.0 Å². The summed E-state index contributed by atoms with van der Waals surface area (Å²) in [4.78, 5) is 16.7. The first-order chi connectivity index (χ1) is 12.2. The van der Waals surface area contributed by atoms with E-state index in [1.807, 2.05) is 6.07 Å². The first-order valence-corrected chi connectivity index (χ1v) is 8.45. The SMILES string of the molecule is O=c1c2ccccc2nnn1CSc1nccn1-c1cccc(F)c1. The van der Waals surface area contributed by atoms with Gasteiger partial charge >= 0.3 is 0 Å². The molecule has 0 unspecified atom stereocenters. The molecule has 0 saturated heterocycles. The van der Waals surface area contributed by atoms with Crippen LogP contribution >= 0.6 is 11.8 Å². The Balaban J connectivity index is 1.62. The van der Waals surface area contributed by atoms with Crippen LogP contribution in [0, 0.1) is 5.82 Å². The van der Waals surface area contributed by atoms with Crippen LogP contribution in [0.15, 0.2) is 70.9 Å². The number of imidazole rings is 1. The van der Waals surface area contributed by atoms with Crippen LogP contribution in [-0.2, 0) is 5.88 Å². The summed E-state index contributed by atoms with van der Waals surface area (Å²) in [6, 6.07) is 13.3. The second-order valence-electron chi connectivity index (χ2n) is 5.24. The molecule has 0 N–H and O–H groups in total. The number of nitrogens with zero attached hydrogens (tertiary/aromatic N) is 5. The fraction of sp³-hybridized carbons (Fsp3) is 0.0588. The van der Waals surface area contributed by atoms with E-state index in [0.29, 0.717) is 21.7 Å². The number of hydrogen-bond acceptors (Lipinski definition) is 5. The Kier molecular flexibility index (Phi) is 4.02. The predicted molar refractivity (Wildman–Crippen MR) is 93.2 cm³/mol. The molecule has 0 amide bonds. The van der Waals surface area contributed by atoms with Gasteiger partial charge in [0.1, 0.15) is 11.3 Å². The van der Waals surface area contributed by atoms with Crippen molar-refractivity contribution < 1.29 is 4.39 Å². The lowest BCUT2D eigenvalue weighted by Crippen LogP contribution is -2.23. The second-order valence-corrected chi connectivity index (χ2v) is 6.16. The second kappa shape index (κ2) is 6.48. The number of rotatable bonds is 4. The molecule has 2 aromatic carbocycles. The Bertz CT molecular complexity index is 1110. The minimum atomic E-state index is -0.321.